The van der Waals surface area contributed by atoms with Gasteiger partial charge in [0.05, 0.1) is 0 Å². The van der Waals surface area contributed by atoms with Gasteiger partial charge in [0.1, 0.15) is 17.7 Å². The third kappa shape index (κ3) is 8.57. The first-order valence-corrected chi connectivity index (χ1v) is 14.9. The summed E-state index contributed by atoms with van der Waals surface area (Å²) in [4.78, 5) is 43.3. The zero-order valence-electron chi connectivity index (χ0n) is 26.6. The lowest BCUT2D eigenvalue weighted by Crippen LogP contribution is -2.55. The summed E-state index contributed by atoms with van der Waals surface area (Å²) >= 11 is 0. The molecule has 0 saturated carbocycles. The fourth-order valence-electron chi connectivity index (χ4n) is 5.07. The van der Waals surface area contributed by atoms with Crippen LogP contribution in [0.5, 0.6) is 0 Å². The lowest BCUT2D eigenvalue weighted by atomic mass is 9.93. The number of hydrogen-bond donors (Lipinski definition) is 2. The number of hydrogen-bond acceptors (Lipinski definition) is 4. The van der Waals surface area contributed by atoms with E-state index in [2.05, 4.69) is 10.6 Å². The predicted octanol–water partition coefficient (Wildman–Crippen LogP) is 7.70. The summed E-state index contributed by atoms with van der Waals surface area (Å²) in [5, 5.41) is 8.00. The normalized spacial score (nSPS) is 13.8. The minimum atomic E-state index is -0.922. The van der Waals surface area contributed by atoms with Crippen LogP contribution in [0.2, 0.25) is 0 Å². The van der Waals surface area contributed by atoms with Crippen LogP contribution in [0.25, 0.3) is 10.8 Å². The summed E-state index contributed by atoms with van der Waals surface area (Å²) in [6.07, 6.45) is 0.364. The van der Waals surface area contributed by atoms with E-state index >= 15 is 0 Å². The molecule has 0 aromatic heterocycles. The van der Waals surface area contributed by atoms with Crippen molar-refractivity contribution >= 4 is 34.4 Å². The summed E-state index contributed by atoms with van der Waals surface area (Å²) in [6, 6.07) is 17.6. The maximum absolute atomic E-state index is 14.5. The lowest BCUT2D eigenvalue weighted by molar-refractivity contribution is -0.143. The van der Waals surface area contributed by atoms with Gasteiger partial charge in [-0.3, -0.25) is 9.59 Å². The molecule has 0 heterocycles. The maximum atomic E-state index is 14.5. The van der Waals surface area contributed by atoms with Crippen molar-refractivity contribution in [1.29, 1.82) is 0 Å². The Morgan fingerprint density at radius 2 is 1.57 bits per heavy atom. The quantitative estimate of drug-likeness (QED) is 0.260. The number of alkyl carbamates (subject to hydrolysis) is 1. The Morgan fingerprint density at radius 3 is 2.19 bits per heavy atom. The molecular formula is C35H47N3O4. The molecule has 2 N–H and O–H groups in total. The fourth-order valence-corrected chi connectivity index (χ4v) is 5.07. The van der Waals surface area contributed by atoms with E-state index in [0.29, 0.717) is 18.5 Å². The molecule has 0 saturated heterocycles. The standard InChI is InChI=1S/C35H47N3O4/c1-10-25(6)38(33(40)30(19-22(2)3)37-34(41)42-35(7,8)9)31(29-20-23(4)15-16-24(29)5)32(39)36-28-18-17-26-13-11-12-14-27(26)21-28/h11-18,20-22,25,30-31H,10,19H2,1-9H3,(H,36,39)(H,37,41). The first-order valence-electron chi connectivity index (χ1n) is 14.9. The first-order chi connectivity index (χ1) is 19.7. The van der Waals surface area contributed by atoms with Gasteiger partial charge in [0.25, 0.3) is 5.91 Å². The zero-order chi connectivity index (χ0) is 31.2. The average molecular weight is 574 g/mol. The second-order valence-corrected chi connectivity index (χ2v) is 12.6. The van der Waals surface area contributed by atoms with Crippen molar-refractivity contribution in [2.75, 3.05) is 5.32 Å². The van der Waals surface area contributed by atoms with Crippen LogP contribution in [0.3, 0.4) is 0 Å². The number of amides is 3. The molecule has 0 aliphatic rings. The van der Waals surface area contributed by atoms with Crippen molar-refractivity contribution in [3.63, 3.8) is 0 Å². The summed E-state index contributed by atoms with van der Waals surface area (Å²) in [7, 11) is 0. The number of carbonyl (C=O) groups excluding carboxylic acids is 3. The van der Waals surface area contributed by atoms with Crippen molar-refractivity contribution in [3.8, 4) is 0 Å². The third-order valence-electron chi connectivity index (χ3n) is 7.29. The van der Waals surface area contributed by atoms with E-state index in [4.69, 9.17) is 4.74 Å². The number of nitrogens with zero attached hydrogens (tertiary/aromatic N) is 1. The number of carbonyl (C=O) groups is 3. The second kappa shape index (κ2) is 13.9. The van der Waals surface area contributed by atoms with Crippen LogP contribution in [0.4, 0.5) is 10.5 Å². The Balaban J connectivity index is 2.10. The van der Waals surface area contributed by atoms with Crippen LogP contribution in [0, 0.1) is 19.8 Å². The molecular weight excluding hydrogens is 526 g/mol. The molecule has 42 heavy (non-hydrogen) atoms. The molecule has 3 rings (SSSR count). The highest BCUT2D eigenvalue weighted by Crippen LogP contribution is 2.31. The zero-order valence-corrected chi connectivity index (χ0v) is 26.6. The molecule has 7 nitrogen and oxygen atoms in total. The Bertz CT molecular complexity index is 1410. The van der Waals surface area contributed by atoms with Crippen LogP contribution >= 0.6 is 0 Å². The molecule has 3 atom stereocenters. The molecule has 0 aliphatic heterocycles. The number of benzene rings is 3. The van der Waals surface area contributed by atoms with Gasteiger partial charge in [-0.1, -0.05) is 74.9 Å². The topological polar surface area (TPSA) is 87.7 Å². The van der Waals surface area contributed by atoms with Gasteiger partial charge in [0.15, 0.2) is 0 Å². The van der Waals surface area contributed by atoms with Crippen LogP contribution in [0.15, 0.2) is 60.7 Å². The molecule has 3 aromatic carbocycles. The number of rotatable bonds is 10. The minimum absolute atomic E-state index is 0.109. The monoisotopic (exact) mass is 573 g/mol. The van der Waals surface area contributed by atoms with Crippen molar-refractivity contribution in [3.05, 3.63) is 77.4 Å². The second-order valence-electron chi connectivity index (χ2n) is 12.6. The highest BCUT2D eigenvalue weighted by molar-refractivity contribution is 6.00. The Labute approximate surface area is 251 Å². The van der Waals surface area contributed by atoms with Gasteiger partial charge in [-0.05, 0) is 94.3 Å². The van der Waals surface area contributed by atoms with Crippen LogP contribution in [-0.4, -0.2) is 40.5 Å². The number of nitrogens with one attached hydrogen (secondary N) is 2. The molecule has 0 radical (unpaired) electrons. The van der Waals surface area contributed by atoms with E-state index in [-0.39, 0.29) is 23.8 Å². The minimum Gasteiger partial charge on any atom is -0.444 e. The van der Waals surface area contributed by atoms with E-state index in [1.807, 2.05) is 102 Å². The lowest BCUT2D eigenvalue weighted by Gasteiger charge is -2.39. The van der Waals surface area contributed by atoms with Crippen molar-refractivity contribution in [1.82, 2.24) is 10.2 Å². The Morgan fingerprint density at radius 1 is 0.905 bits per heavy atom. The Hall–Kier alpha value is -3.87. The van der Waals surface area contributed by atoms with Gasteiger partial charge in [0.2, 0.25) is 5.91 Å². The smallest absolute Gasteiger partial charge is 0.408 e. The van der Waals surface area contributed by atoms with Gasteiger partial charge >= 0.3 is 6.09 Å². The first kappa shape index (κ1) is 32.6. The highest BCUT2D eigenvalue weighted by atomic mass is 16.6. The molecule has 226 valence electrons. The highest BCUT2D eigenvalue weighted by Gasteiger charge is 2.39. The molecule has 3 amide bonds. The van der Waals surface area contributed by atoms with Gasteiger partial charge in [-0.2, -0.15) is 0 Å². The molecule has 0 bridgehead atoms. The number of anilines is 1. The van der Waals surface area contributed by atoms with Crippen LogP contribution in [-0.2, 0) is 14.3 Å². The predicted molar refractivity (Wildman–Crippen MR) is 170 cm³/mol. The number of aryl methyl sites for hydroxylation is 2. The number of ether oxygens (including phenoxy) is 1. The molecule has 3 aromatic rings. The van der Waals surface area contributed by atoms with E-state index in [0.717, 1.165) is 27.5 Å². The maximum Gasteiger partial charge on any atom is 0.408 e. The largest absolute Gasteiger partial charge is 0.444 e. The third-order valence-corrected chi connectivity index (χ3v) is 7.29. The summed E-state index contributed by atoms with van der Waals surface area (Å²) < 4.78 is 5.51. The summed E-state index contributed by atoms with van der Waals surface area (Å²) in [6.45, 7) is 17.2. The SMILES string of the molecule is CCC(C)N(C(=O)C(CC(C)C)NC(=O)OC(C)(C)C)C(C(=O)Nc1ccc2ccccc2c1)c1cc(C)ccc1C. The van der Waals surface area contributed by atoms with Gasteiger partial charge in [-0.25, -0.2) is 4.79 Å². The molecule has 0 fully saturated rings. The van der Waals surface area contributed by atoms with E-state index < -0.39 is 23.8 Å². The van der Waals surface area contributed by atoms with Crippen molar-refractivity contribution in [2.45, 2.75) is 98.9 Å². The van der Waals surface area contributed by atoms with Crippen LogP contribution in [0.1, 0.15) is 84.0 Å². The van der Waals surface area contributed by atoms with E-state index in [1.165, 1.54) is 0 Å². The van der Waals surface area contributed by atoms with Gasteiger partial charge in [0, 0.05) is 11.7 Å². The number of fused-ring (bicyclic) bond motifs is 1. The summed E-state index contributed by atoms with van der Waals surface area (Å²) in [5.41, 5.74) is 2.58. The van der Waals surface area contributed by atoms with Crippen molar-refractivity contribution < 1.29 is 19.1 Å². The van der Waals surface area contributed by atoms with E-state index in [9.17, 15) is 14.4 Å². The van der Waals surface area contributed by atoms with E-state index in [1.54, 1.807) is 25.7 Å². The average Bonchev–Trinajstić information content (AvgIpc) is 2.90. The Kier molecular flexibility index (Phi) is 10.8. The summed E-state index contributed by atoms with van der Waals surface area (Å²) in [5.74, 6) is -0.519. The van der Waals surface area contributed by atoms with Gasteiger partial charge < -0.3 is 20.3 Å². The molecule has 7 heteroatoms. The molecule has 0 aliphatic carbocycles. The van der Waals surface area contributed by atoms with Gasteiger partial charge in [-0.15, -0.1) is 0 Å². The molecule has 3 unspecified atom stereocenters. The van der Waals surface area contributed by atoms with Crippen LogP contribution < -0.4 is 10.6 Å². The van der Waals surface area contributed by atoms with Crippen molar-refractivity contribution in [2.24, 2.45) is 5.92 Å². The fraction of sp³-hybridized carbons (Fsp3) is 0.457. The molecule has 0 spiro atoms.